The van der Waals surface area contributed by atoms with E-state index < -0.39 is 11.8 Å². The second-order valence-corrected chi connectivity index (χ2v) is 2.58. The molecule has 1 heterocycles. The monoisotopic (exact) mass is 182 g/mol. The van der Waals surface area contributed by atoms with Crippen molar-refractivity contribution < 1.29 is 14.7 Å². The van der Waals surface area contributed by atoms with Gasteiger partial charge < -0.3 is 9.67 Å². The quantitative estimate of drug-likeness (QED) is 0.670. The van der Waals surface area contributed by atoms with Gasteiger partial charge in [-0.3, -0.25) is 4.79 Å². The van der Waals surface area contributed by atoms with Crippen LogP contribution in [0, 0.1) is 0 Å². The van der Waals surface area contributed by atoms with Gasteiger partial charge in [-0.25, -0.2) is 9.78 Å². The van der Waals surface area contributed by atoms with Crippen molar-refractivity contribution in [1.82, 2.24) is 9.55 Å². The number of aryl methyl sites for hydroxylation is 1. The highest BCUT2D eigenvalue weighted by Crippen LogP contribution is 2.00. The van der Waals surface area contributed by atoms with Gasteiger partial charge in [-0.05, 0) is 6.92 Å². The number of ketones is 1. The zero-order chi connectivity index (χ0) is 9.84. The van der Waals surface area contributed by atoms with Crippen LogP contribution in [0.1, 0.15) is 12.6 Å². The minimum Gasteiger partial charge on any atom is -0.475 e. The molecule has 0 spiro atoms. The lowest BCUT2D eigenvalue weighted by Crippen LogP contribution is -2.17. The van der Waals surface area contributed by atoms with Crippen molar-refractivity contribution in [3.8, 4) is 0 Å². The molecule has 1 rings (SSSR count). The summed E-state index contributed by atoms with van der Waals surface area (Å²) in [5.41, 5.74) is 0.634. The molecule has 0 aliphatic carbocycles. The average molecular weight is 182 g/mol. The standard InChI is InChI=1S/C8H10N2O3/c1-2-10-5-9-4-6(10)3-7(11)8(12)13/h4-5H,2-3H2,1H3,(H,12,13). The summed E-state index contributed by atoms with van der Waals surface area (Å²) in [4.78, 5) is 24.9. The first-order valence-corrected chi connectivity index (χ1v) is 3.90. The molecular weight excluding hydrogens is 172 g/mol. The first kappa shape index (κ1) is 9.44. The molecule has 0 unspecified atom stereocenters. The third-order valence-electron chi connectivity index (χ3n) is 1.72. The number of carboxylic acids is 1. The van der Waals surface area contributed by atoms with Crippen LogP contribution in [0.15, 0.2) is 12.5 Å². The summed E-state index contributed by atoms with van der Waals surface area (Å²) in [6, 6.07) is 0. The number of Topliss-reactive ketones (excluding diaryl/α,β-unsaturated/α-hetero) is 1. The molecule has 0 fully saturated rings. The highest BCUT2D eigenvalue weighted by molar-refractivity contribution is 6.33. The van der Waals surface area contributed by atoms with E-state index >= 15 is 0 Å². The number of imidazole rings is 1. The van der Waals surface area contributed by atoms with E-state index in [1.807, 2.05) is 6.92 Å². The van der Waals surface area contributed by atoms with Crippen molar-refractivity contribution in [2.75, 3.05) is 0 Å². The van der Waals surface area contributed by atoms with Crippen LogP contribution >= 0.6 is 0 Å². The maximum atomic E-state index is 10.8. The third kappa shape index (κ3) is 2.14. The summed E-state index contributed by atoms with van der Waals surface area (Å²) >= 11 is 0. The molecule has 5 nitrogen and oxygen atoms in total. The Morgan fingerprint density at radius 2 is 2.31 bits per heavy atom. The number of carboxylic acid groups (broad SMARTS) is 1. The molecule has 0 bridgehead atoms. The third-order valence-corrected chi connectivity index (χ3v) is 1.72. The first-order valence-electron chi connectivity index (χ1n) is 3.90. The molecule has 1 N–H and O–H groups in total. The Morgan fingerprint density at radius 3 is 2.85 bits per heavy atom. The summed E-state index contributed by atoms with van der Waals surface area (Å²) in [6.45, 7) is 2.58. The van der Waals surface area contributed by atoms with Crippen LogP contribution in [0.5, 0.6) is 0 Å². The summed E-state index contributed by atoms with van der Waals surface area (Å²) in [5, 5.41) is 8.37. The molecule has 13 heavy (non-hydrogen) atoms. The Labute approximate surface area is 75.0 Å². The smallest absolute Gasteiger partial charge is 0.372 e. The Bertz CT molecular complexity index is 330. The van der Waals surface area contributed by atoms with Gasteiger partial charge in [-0.1, -0.05) is 0 Å². The normalized spacial score (nSPS) is 9.92. The number of aliphatic carboxylic acids is 1. The lowest BCUT2D eigenvalue weighted by atomic mass is 10.2. The molecule has 5 heteroatoms. The molecule has 0 saturated carbocycles. The van der Waals surface area contributed by atoms with Gasteiger partial charge in [0.2, 0.25) is 5.78 Å². The van der Waals surface area contributed by atoms with Crippen LogP contribution in [-0.2, 0) is 22.6 Å². The minimum atomic E-state index is -1.40. The highest BCUT2D eigenvalue weighted by Gasteiger charge is 2.14. The summed E-state index contributed by atoms with van der Waals surface area (Å²) in [5.74, 6) is -2.21. The number of hydrogen-bond donors (Lipinski definition) is 1. The number of carbonyl (C=O) groups excluding carboxylic acids is 1. The molecule has 1 aromatic rings. The number of carbonyl (C=O) groups is 2. The van der Waals surface area contributed by atoms with Gasteiger partial charge in [-0.15, -0.1) is 0 Å². The molecular formula is C8H10N2O3. The zero-order valence-corrected chi connectivity index (χ0v) is 7.23. The van der Waals surface area contributed by atoms with Crippen molar-refractivity contribution >= 4 is 11.8 Å². The maximum absolute atomic E-state index is 10.8. The molecule has 1 aromatic heterocycles. The molecule has 0 aromatic carbocycles. The van der Waals surface area contributed by atoms with Crippen molar-refractivity contribution in [3.63, 3.8) is 0 Å². The largest absolute Gasteiger partial charge is 0.475 e. The van der Waals surface area contributed by atoms with Gasteiger partial charge in [0.05, 0.1) is 12.7 Å². The van der Waals surface area contributed by atoms with E-state index in [1.54, 1.807) is 10.9 Å². The molecule has 0 amide bonds. The Morgan fingerprint density at radius 1 is 1.62 bits per heavy atom. The fourth-order valence-corrected chi connectivity index (χ4v) is 1.02. The SMILES string of the molecule is CCn1cncc1CC(=O)C(=O)O. The van der Waals surface area contributed by atoms with Gasteiger partial charge in [0.25, 0.3) is 0 Å². The second kappa shape index (κ2) is 3.84. The molecule has 0 atom stereocenters. The van der Waals surface area contributed by atoms with E-state index in [0.29, 0.717) is 12.2 Å². The summed E-state index contributed by atoms with van der Waals surface area (Å²) in [7, 11) is 0. The van der Waals surface area contributed by atoms with Crippen molar-refractivity contribution in [1.29, 1.82) is 0 Å². The maximum Gasteiger partial charge on any atom is 0.372 e. The lowest BCUT2D eigenvalue weighted by Gasteiger charge is -2.01. The fraction of sp³-hybridized carbons (Fsp3) is 0.375. The van der Waals surface area contributed by atoms with Gasteiger partial charge in [-0.2, -0.15) is 0 Å². The number of aromatic nitrogens is 2. The number of nitrogens with zero attached hydrogens (tertiary/aromatic N) is 2. The Kier molecular flexibility index (Phi) is 2.79. The topological polar surface area (TPSA) is 72.2 Å². The Hall–Kier alpha value is -1.65. The summed E-state index contributed by atoms with van der Waals surface area (Å²) in [6.07, 6.45) is 2.98. The van der Waals surface area contributed by atoms with E-state index in [4.69, 9.17) is 5.11 Å². The highest BCUT2D eigenvalue weighted by atomic mass is 16.4. The molecule has 70 valence electrons. The van der Waals surface area contributed by atoms with E-state index in [1.165, 1.54) is 6.20 Å². The average Bonchev–Trinajstić information content (AvgIpc) is 2.51. The number of hydrogen-bond acceptors (Lipinski definition) is 3. The molecule has 0 aliphatic heterocycles. The second-order valence-electron chi connectivity index (χ2n) is 2.58. The van der Waals surface area contributed by atoms with Crippen LogP contribution in [0.25, 0.3) is 0 Å². The molecule has 0 radical (unpaired) electrons. The van der Waals surface area contributed by atoms with E-state index in [0.717, 1.165) is 0 Å². The predicted octanol–water partition coefficient (Wildman–Crippen LogP) is 0.0992. The molecule has 0 aliphatic rings. The molecule has 0 saturated heterocycles. The van der Waals surface area contributed by atoms with Crippen LogP contribution in [0.2, 0.25) is 0 Å². The fourth-order valence-electron chi connectivity index (χ4n) is 1.02. The van der Waals surface area contributed by atoms with Crippen LogP contribution < -0.4 is 0 Å². The first-order chi connectivity index (χ1) is 6.15. The Balaban J connectivity index is 2.74. The van der Waals surface area contributed by atoms with Crippen molar-refractivity contribution in [2.45, 2.75) is 19.9 Å². The predicted molar refractivity (Wildman–Crippen MR) is 44.2 cm³/mol. The van der Waals surface area contributed by atoms with Crippen LogP contribution in [0.4, 0.5) is 0 Å². The van der Waals surface area contributed by atoms with Crippen molar-refractivity contribution in [3.05, 3.63) is 18.2 Å². The van der Waals surface area contributed by atoms with Crippen LogP contribution in [0.3, 0.4) is 0 Å². The minimum absolute atomic E-state index is 0.0941. The van der Waals surface area contributed by atoms with Gasteiger partial charge in [0.15, 0.2) is 0 Å². The van der Waals surface area contributed by atoms with Gasteiger partial charge in [0, 0.05) is 18.4 Å². The summed E-state index contributed by atoms with van der Waals surface area (Å²) < 4.78 is 1.74. The number of rotatable bonds is 4. The van der Waals surface area contributed by atoms with E-state index in [-0.39, 0.29) is 6.42 Å². The van der Waals surface area contributed by atoms with Crippen molar-refractivity contribution in [2.24, 2.45) is 0 Å². The van der Waals surface area contributed by atoms with E-state index in [2.05, 4.69) is 4.98 Å². The van der Waals surface area contributed by atoms with Gasteiger partial charge >= 0.3 is 5.97 Å². The van der Waals surface area contributed by atoms with Gasteiger partial charge in [0.1, 0.15) is 0 Å². The lowest BCUT2D eigenvalue weighted by molar-refractivity contribution is -0.148. The van der Waals surface area contributed by atoms with E-state index in [9.17, 15) is 9.59 Å². The zero-order valence-electron chi connectivity index (χ0n) is 7.23. The van der Waals surface area contributed by atoms with Crippen LogP contribution in [-0.4, -0.2) is 26.4 Å².